The SMILES string of the molecule is CNC(=O)CSCCCCCCNC(=O)OC(C)(C)C. The van der Waals surface area contributed by atoms with Crippen molar-refractivity contribution >= 4 is 23.8 Å². The number of hydrogen-bond acceptors (Lipinski definition) is 4. The lowest BCUT2D eigenvalue weighted by Crippen LogP contribution is -2.32. The van der Waals surface area contributed by atoms with E-state index < -0.39 is 5.60 Å². The summed E-state index contributed by atoms with van der Waals surface area (Å²) in [6.07, 6.45) is 3.92. The summed E-state index contributed by atoms with van der Waals surface area (Å²) < 4.78 is 5.14. The molecule has 0 aromatic rings. The quantitative estimate of drug-likeness (QED) is 0.642. The van der Waals surface area contributed by atoms with Crippen molar-refractivity contribution < 1.29 is 14.3 Å². The molecule has 0 aliphatic carbocycles. The third-order valence-electron chi connectivity index (χ3n) is 2.40. The Morgan fingerprint density at radius 3 is 2.35 bits per heavy atom. The van der Waals surface area contributed by atoms with Crippen LogP contribution in [0.3, 0.4) is 0 Å². The van der Waals surface area contributed by atoms with Crippen molar-refractivity contribution in [1.82, 2.24) is 10.6 Å². The Hall–Kier alpha value is -0.910. The number of carbonyl (C=O) groups is 2. The molecule has 0 aromatic carbocycles. The molecule has 20 heavy (non-hydrogen) atoms. The average Bonchev–Trinajstić information content (AvgIpc) is 2.34. The van der Waals surface area contributed by atoms with Crippen LogP contribution >= 0.6 is 11.8 Å². The van der Waals surface area contributed by atoms with E-state index in [1.807, 2.05) is 20.8 Å². The van der Waals surface area contributed by atoms with E-state index in [0.29, 0.717) is 12.3 Å². The van der Waals surface area contributed by atoms with Crippen LogP contribution in [0.1, 0.15) is 46.5 Å². The molecule has 0 unspecified atom stereocenters. The summed E-state index contributed by atoms with van der Waals surface area (Å²) in [5.41, 5.74) is -0.438. The van der Waals surface area contributed by atoms with Gasteiger partial charge >= 0.3 is 6.09 Å². The number of alkyl carbamates (subject to hydrolysis) is 1. The maximum Gasteiger partial charge on any atom is 0.407 e. The van der Waals surface area contributed by atoms with E-state index in [0.717, 1.165) is 31.4 Å². The maximum absolute atomic E-state index is 11.4. The van der Waals surface area contributed by atoms with Crippen LogP contribution in [-0.2, 0) is 9.53 Å². The number of rotatable bonds is 9. The molecule has 0 saturated carbocycles. The number of carbonyl (C=O) groups excluding carboxylic acids is 2. The van der Waals surface area contributed by atoms with Gasteiger partial charge in [0.15, 0.2) is 0 Å². The molecule has 0 spiro atoms. The minimum Gasteiger partial charge on any atom is -0.444 e. The predicted octanol–water partition coefficient (Wildman–Crippen LogP) is 2.55. The van der Waals surface area contributed by atoms with Crippen molar-refractivity contribution in [2.75, 3.05) is 25.1 Å². The van der Waals surface area contributed by atoms with E-state index in [9.17, 15) is 9.59 Å². The Bertz CT molecular complexity index is 291. The summed E-state index contributed by atoms with van der Waals surface area (Å²) >= 11 is 1.66. The van der Waals surface area contributed by atoms with Crippen LogP contribution < -0.4 is 10.6 Å². The highest BCUT2D eigenvalue weighted by Crippen LogP contribution is 2.08. The van der Waals surface area contributed by atoms with Crippen LogP contribution in [0.5, 0.6) is 0 Å². The molecule has 0 bridgehead atoms. The first-order chi connectivity index (χ1) is 9.35. The zero-order valence-corrected chi connectivity index (χ0v) is 13.9. The van der Waals surface area contributed by atoms with Gasteiger partial charge in [0.25, 0.3) is 0 Å². The van der Waals surface area contributed by atoms with Crippen molar-refractivity contribution in [3.63, 3.8) is 0 Å². The molecule has 0 rings (SSSR count). The van der Waals surface area contributed by atoms with E-state index in [4.69, 9.17) is 4.74 Å². The first kappa shape index (κ1) is 19.1. The molecule has 2 amide bonds. The summed E-state index contributed by atoms with van der Waals surface area (Å²) in [4.78, 5) is 22.3. The van der Waals surface area contributed by atoms with Gasteiger partial charge in [-0.15, -0.1) is 0 Å². The Labute approximate surface area is 126 Å². The topological polar surface area (TPSA) is 67.4 Å². The van der Waals surface area contributed by atoms with Crippen molar-refractivity contribution in [2.24, 2.45) is 0 Å². The lowest BCUT2D eigenvalue weighted by atomic mass is 10.2. The van der Waals surface area contributed by atoms with Gasteiger partial charge in [0.2, 0.25) is 5.91 Å². The van der Waals surface area contributed by atoms with Crippen LogP contribution in [0.15, 0.2) is 0 Å². The highest BCUT2D eigenvalue weighted by molar-refractivity contribution is 7.99. The molecule has 0 heterocycles. The molecule has 6 heteroatoms. The normalized spacial score (nSPS) is 11.0. The van der Waals surface area contributed by atoms with Gasteiger partial charge < -0.3 is 15.4 Å². The standard InChI is InChI=1S/C14H28N2O3S/c1-14(2,3)19-13(18)16-9-7-5-6-8-10-20-11-12(17)15-4/h5-11H2,1-4H3,(H,15,17)(H,16,18). The van der Waals surface area contributed by atoms with Crippen LogP contribution in [0.25, 0.3) is 0 Å². The zero-order valence-electron chi connectivity index (χ0n) is 13.1. The molecule has 0 atom stereocenters. The first-order valence-electron chi connectivity index (χ1n) is 7.10. The van der Waals surface area contributed by atoms with Gasteiger partial charge in [0, 0.05) is 13.6 Å². The molecule has 0 saturated heterocycles. The summed E-state index contributed by atoms with van der Waals surface area (Å²) in [6.45, 7) is 6.20. The predicted molar refractivity (Wildman–Crippen MR) is 84.1 cm³/mol. The highest BCUT2D eigenvalue weighted by Gasteiger charge is 2.15. The summed E-state index contributed by atoms with van der Waals surface area (Å²) in [5, 5.41) is 5.34. The van der Waals surface area contributed by atoms with Crippen LogP contribution in [0.2, 0.25) is 0 Å². The van der Waals surface area contributed by atoms with Crippen molar-refractivity contribution in [3.8, 4) is 0 Å². The van der Waals surface area contributed by atoms with Gasteiger partial charge in [0.05, 0.1) is 5.75 Å². The largest absolute Gasteiger partial charge is 0.444 e. The third-order valence-corrected chi connectivity index (χ3v) is 3.44. The van der Waals surface area contributed by atoms with Crippen LogP contribution in [-0.4, -0.2) is 42.7 Å². The maximum atomic E-state index is 11.4. The molecule has 0 aliphatic rings. The monoisotopic (exact) mass is 304 g/mol. The summed E-state index contributed by atoms with van der Waals surface area (Å²) in [7, 11) is 1.65. The second-order valence-electron chi connectivity index (χ2n) is 5.57. The zero-order chi connectivity index (χ0) is 15.4. The number of hydrogen-bond donors (Lipinski definition) is 2. The lowest BCUT2D eigenvalue weighted by Gasteiger charge is -2.19. The van der Waals surface area contributed by atoms with Crippen LogP contribution in [0, 0.1) is 0 Å². The fraction of sp³-hybridized carbons (Fsp3) is 0.857. The first-order valence-corrected chi connectivity index (χ1v) is 8.26. The number of unbranched alkanes of at least 4 members (excludes halogenated alkanes) is 3. The summed E-state index contributed by atoms with van der Waals surface area (Å²) in [5.74, 6) is 1.63. The summed E-state index contributed by atoms with van der Waals surface area (Å²) in [6, 6.07) is 0. The number of amides is 2. The van der Waals surface area contributed by atoms with Gasteiger partial charge in [-0.3, -0.25) is 4.79 Å². The van der Waals surface area contributed by atoms with E-state index in [-0.39, 0.29) is 12.0 Å². The fourth-order valence-electron chi connectivity index (χ4n) is 1.42. The van der Waals surface area contributed by atoms with Crippen molar-refractivity contribution in [1.29, 1.82) is 0 Å². The fourth-order valence-corrected chi connectivity index (χ4v) is 2.31. The van der Waals surface area contributed by atoms with E-state index in [1.165, 1.54) is 0 Å². The molecular weight excluding hydrogens is 276 g/mol. The molecule has 0 fully saturated rings. The average molecular weight is 304 g/mol. The van der Waals surface area contributed by atoms with Crippen LogP contribution in [0.4, 0.5) is 4.79 Å². The van der Waals surface area contributed by atoms with E-state index in [1.54, 1.807) is 18.8 Å². The Kier molecular flexibility index (Phi) is 10.3. The Morgan fingerprint density at radius 1 is 1.10 bits per heavy atom. The molecule has 2 N–H and O–H groups in total. The number of ether oxygens (including phenoxy) is 1. The second kappa shape index (κ2) is 10.8. The number of thioether (sulfide) groups is 1. The highest BCUT2D eigenvalue weighted by atomic mass is 32.2. The third kappa shape index (κ3) is 13.5. The Balaban J connectivity index is 3.29. The minimum absolute atomic E-state index is 0.0801. The van der Waals surface area contributed by atoms with Crippen molar-refractivity contribution in [3.05, 3.63) is 0 Å². The Morgan fingerprint density at radius 2 is 1.75 bits per heavy atom. The second-order valence-corrected chi connectivity index (χ2v) is 6.67. The smallest absolute Gasteiger partial charge is 0.407 e. The molecule has 0 radical (unpaired) electrons. The van der Waals surface area contributed by atoms with Gasteiger partial charge in [-0.05, 0) is 39.4 Å². The van der Waals surface area contributed by atoms with E-state index >= 15 is 0 Å². The molecule has 0 aliphatic heterocycles. The molecule has 0 aromatic heterocycles. The number of nitrogens with one attached hydrogen (secondary N) is 2. The molecule has 5 nitrogen and oxygen atoms in total. The van der Waals surface area contributed by atoms with Crippen molar-refractivity contribution in [2.45, 2.75) is 52.1 Å². The van der Waals surface area contributed by atoms with E-state index in [2.05, 4.69) is 10.6 Å². The molecule has 118 valence electrons. The van der Waals surface area contributed by atoms with Gasteiger partial charge in [-0.25, -0.2) is 4.79 Å². The molecular formula is C14H28N2O3S. The van der Waals surface area contributed by atoms with Gasteiger partial charge in [-0.1, -0.05) is 12.8 Å². The van der Waals surface area contributed by atoms with Gasteiger partial charge in [0.1, 0.15) is 5.60 Å². The lowest BCUT2D eigenvalue weighted by molar-refractivity contribution is -0.118. The minimum atomic E-state index is -0.438. The van der Waals surface area contributed by atoms with Gasteiger partial charge in [-0.2, -0.15) is 11.8 Å².